The number of benzene rings is 1. The smallest absolute Gasteiger partial charge is 0.165 e. The van der Waals surface area contributed by atoms with Crippen molar-refractivity contribution in [2.24, 2.45) is 4.99 Å². The Morgan fingerprint density at radius 1 is 1.43 bits per heavy atom. The molecule has 5 heteroatoms. The van der Waals surface area contributed by atoms with Crippen molar-refractivity contribution in [3.05, 3.63) is 53.0 Å². The number of allylic oxidation sites excluding steroid dienone is 1. The lowest BCUT2D eigenvalue weighted by molar-refractivity contribution is 0.0679. The normalized spacial score (nSPS) is 27.3. The molecule has 2 atom stereocenters. The summed E-state index contributed by atoms with van der Waals surface area (Å²) in [6.45, 7) is 4.81. The molecule has 4 nitrogen and oxygen atoms in total. The number of rotatable bonds is 3. The summed E-state index contributed by atoms with van der Waals surface area (Å²) < 4.78 is 19.1. The monoisotopic (exact) mass is 313 g/mol. The molecule has 0 radical (unpaired) electrons. The highest BCUT2D eigenvalue weighted by atomic mass is 19.1. The Balaban J connectivity index is 1.68. The van der Waals surface area contributed by atoms with Gasteiger partial charge >= 0.3 is 0 Å². The second kappa shape index (κ2) is 5.28. The zero-order valence-electron chi connectivity index (χ0n) is 13.3. The third kappa shape index (κ3) is 2.00. The third-order valence-electron chi connectivity index (χ3n) is 5.19. The van der Waals surface area contributed by atoms with Gasteiger partial charge in [0, 0.05) is 31.9 Å². The van der Waals surface area contributed by atoms with E-state index in [4.69, 9.17) is 4.74 Å². The van der Waals surface area contributed by atoms with Crippen LogP contribution in [0.2, 0.25) is 0 Å². The summed E-state index contributed by atoms with van der Waals surface area (Å²) in [6, 6.07) is 5.33. The van der Waals surface area contributed by atoms with Crippen LogP contribution in [0.25, 0.3) is 0 Å². The van der Waals surface area contributed by atoms with Crippen LogP contribution in [-0.4, -0.2) is 43.4 Å². The molecule has 23 heavy (non-hydrogen) atoms. The number of dihydropyridines is 1. The number of methoxy groups -OCH3 is 1. The maximum absolute atomic E-state index is 14.1. The highest BCUT2D eigenvalue weighted by molar-refractivity contribution is 5.82. The van der Waals surface area contributed by atoms with Crippen molar-refractivity contribution in [3.8, 4) is 5.75 Å². The van der Waals surface area contributed by atoms with E-state index in [2.05, 4.69) is 34.3 Å². The Morgan fingerprint density at radius 3 is 2.96 bits per heavy atom. The van der Waals surface area contributed by atoms with Crippen LogP contribution in [0.3, 0.4) is 0 Å². The molecule has 1 N–H and O–H groups in total. The minimum Gasteiger partial charge on any atom is -0.494 e. The zero-order valence-corrected chi connectivity index (χ0v) is 13.3. The standard InChI is InChI=1S/C18H20FN3O/c1-12(13-3-4-16(23-2)15(19)9-13)22-8-7-20-11-18(22)14-5-6-21-17(18)10-14/h3-6,9-10,12,20H,7-8,11H2,1-2H3. The number of hydrogen-bond acceptors (Lipinski definition) is 4. The largest absolute Gasteiger partial charge is 0.494 e. The second-order valence-corrected chi connectivity index (χ2v) is 6.23. The summed E-state index contributed by atoms with van der Waals surface area (Å²) in [7, 11) is 1.49. The van der Waals surface area contributed by atoms with Gasteiger partial charge in [0.1, 0.15) is 5.54 Å². The molecule has 2 bridgehead atoms. The average molecular weight is 313 g/mol. The molecule has 2 heterocycles. The fourth-order valence-corrected chi connectivity index (χ4v) is 3.90. The molecule has 4 rings (SSSR count). The fourth-order valence-electron chi connectivity index (χ4n) is 3.90. The molecule has 1 aromatic rings. The molecule has 1 saturated heterocycles. The minimum absolute atomic E-state index is 0.0953. The van der Waals surface area contributed by atoms with Gasteiger partial charge in [-0.25, -0.2) is 4.39 Å². The summed E-state index contributed by atoms with van der Waals surface area (Å²) in [5, 5.41) is 3.48. The van der Waals surface area contributed by atoms with Crippen LogP contribution in [0.4, 0.5) is 4.39 Å². The van der Waals surface area contributed by atoms with E-state index in [1.165, 1.54) is 12.7 Å². The first-order valence-corrected chi connectivity index (χ1v) is 7.95. The number of piperazine rings is 1. The molecule has 1 aliphatic carbocycles. The number of aliphatic imine (C=N–C) groups is 1. The van der Waals surface area contributed by atoms with Crippen molar-refractivity contribution >= 4 is 6.21 Å². The second-order valence-electron chi connectivity index (χ2n) is 6.23. The van der Waals surface area contributed by atoms with Crippen LogP contribution < -0.4 is 10.1 Å². The highest BCUT2D eigenvalue weighted by Gasteiger charge is 2.52. The van der Waals surface area contributed by atoms with Crippen molar-refractivity contribution in [2.45, 2.75) is 18.5 Å². The van der Waals surface area contributed by atoms with Gasteiger partial charge in [-0.3, -0.25) is 9.89 Å². The van der Waals surface area contributed by atoms with Crippen molar-refractivity contribution in [3.63, 3.8) is 0 Å². The first-order chi connectivity index (χ1) is 11.2. The van der Waals surface area contributed by atoms with Gasteiger partial charge in [-0.05, 0) is 42.3 Å². The highest BCUT2D eigenvalue weighted by Crippen LogP contribution is 2.48. The van der Waals surface area contributed by atoms with Crippen molar-refractivity contribution in [2.75, 3.05) is 26.7 Å². The molecule has 1 spiro atoms. The van der Waals surface area contributed by atoms with E-state index in [0.717, 1.165) is 30.9 Å². The van der Waals surface area contributed by atoms with Gasteiger partial charge in [0.15, 0.2) is 11.6 Å². The Hall–Kier alpha value is -1.98. The summed E-state index contributed by atoms with van der Waals surface area (Å²) >= 11 is 0. The predicted molar refractivity (Wildman–Crippen MR) is 88.3 cm³/mol. The number of halogens is 1. The zero-order chi connectivity index (χ0) is 16.0. The molecule has 3 aliphatic rings. The fraction of sp³-hybridized carbons (Fsp3) is 0.389. The van der Waals surface area contributed by atoms with E-state index in [-0.39, 0.29) is 23.1 Å². The maximum atomic E-state index is 14.1. The van der Waals surface area contributed by atoms with E-state index < -0.39 is 0 Å². The van der Waals surface area contributed by atoms with Gasteiger partial charge in [0.2, 0.25) is 0 Å². The van der Waals surface area contributed by atoms with Crippen LogP contribution in [-0.2, 0) is 0 Å². The van der Waals surface area contributed by atoms with Gasteiger partial charge in [0.25, 0.3) is 0 Å². The topological polar surface area (TPSA) is 36.9 Å². The molecular weight excluding hydrogens is 293 g/mol. The van der Waals surface area contributed by atoms with Crippen LogP contribution in [0.1, 0.15) is 18.5 Å². The summed E-state index contributed by atoms with van der Waals surface area (Å²) in [5.41, 5.74) is 3.18. The number of hydrogen-bond donors (Lipinski definition) is 1. The Labute approximate surface area is 135 Å². The molecule has 1 aromatic carbocycles. The lowest BCUT2D eigenvalue weighted by atomic mass is 9.71. The van der Waals surface area contributed by atoms with Crippen LogP contribution in [0, 0.1) is 5.82 Å². The van der Waals surface area contributed by atoms with Crippen molar-refractivity contribution < 1.29 is 9.13 Å². The van der Waals surface area contributed by atoms with Crippen molar-refractivity contribution in [1.29, 1.82) is 0 Å². The maximum Gasteiger partial charge on any atom is 0.165 e. The van der Waals surface area contributed by atoms with Gasteiger partial charge in [-0.2, -0.15) is 0 Å². The first-order valence-electron chi connectivity index (χ1n) is 7.95. The molecule has 0 amide bonds. The SMILES string of the molecule is COc1ccc(C(C)N2CCNCC23C2=CC=NC3=C2)cc1F. The van der Waals surface area contributed by atoms with Crippen LogP contribution >= 0.6 is 0 Å². The van der Waals surface area contributed by atoms with E-state index in [0.29, 0.717) is 0 Å². The minimum atomic E-state index is -0.314. The number of ether oxygens (including phenoxy) is 1. The third-order valence-corrected chi connectivity index (χ3v) is 5.19. The van der Waals surface area contributed by atoms with Crippen LogP contribution in [0.15, 0.2) is 46.6 Å². The Morgan fingerprint density at radius 2 is 2.30 bits per heavy atom. The average Bonchev–Trinajstić information content (AvgIpc) is 2.61. The van der Waals surface area contributed by atoms with E-state index >= 15 is 0 Å². The molecule has 120 valence electrons. The molecule has 2 aliphatic heterocycles. The molecular formula is C18H20FN3O. The van der Waals surface area contributed by atoms with E-state index in [1.54, 1.807) is 12.1 Å². The Kier molecular flexibility index (Phi) is 3.36. The molecule has 2 unspecified atom stereocenters. The number of nitrogens with one attached hydrogen (secondary N) is 1. The number of nitrogens with zero attached hydrogens (tertiary/aromatic N) is 2. The van der Waals surface area contributed by atoms with Crippen LogP contribution in [0.5, 0.6) is 5.75 Å². The predicted octanol–water partition coefficient (Wildman–Crippen LogP) is 2.45. The van der Waals surface area contributed by atoms with Gasteiger partial charge in [-0.15, -0.1) is 0 Å². The first kappa shape index (κ1) is 14.6. The van der Waals surface area contributed by atoms with E-state index in [1.807, 2.05) is 12.3 Å². The van der Waals surface area contributed by atoms with Gasteiger partial charge in [0.05, 0.1) is 12.8 Å². The molecule has 1 fully saturated rings. The molecule has 0 saturated carbocycles. The van der Waals surface area contributed by atoms with Gasteiger partial charge < -0.3 is 10.1 Å². The summed E-state index contributed by atoms with van der Waals surface area (Å²) in [5.74, 6) is -0.0298. The summed E-state index contributed by atoms with van der Waals surface area (Å²) in [4.78, 5) is 6.96. The molecule has 0 aromatic heterocycles. The lowest BCUT2D eigenvalue weighted by Crippen LogP contribution is -2.66. The Bertz CT molecular complexity index is 726. The quantitative estimate of drug-likeness (QED) is 0.931. The lowest BCUT2D eigenvalue weighted by Gasteiger charge is -2.56. The summed E-state index contributed by atoms with van der Waals surface area (Å²) in [6.07, 6.45) is 6.08. The van der Waals surface area contributed by atoms with Crippen molar-refractivity contribution in [1.82, 2.24) is 10.2 Å². The van der Waals surface area contributed by atoms with Gasteiger partial charge in [-0.1, -0.05) is 6.07 Å². The van der Waals surface area contributed by atoms with E-state index in [9.17, 15) is 4.39 Å².